The Labute approximate surface area is 123 Å². The summed E-state index contributed by atoms with van der Waals surface area (Å²) in [6, 6.07) is 12.1. The van der Waals surface area contributed by atoms with Crippen molar-refractivity contribution in [2.75, 3.05) is 0 Å². The fourth-order valence-corrected chi connectivity index (χ4v) is 2.09. The van der Waals surface area contributed by atoms with Crippen LogP contribution in [0, 0.1) is 20.2 Å². The molecule has 0 atom stereocenters. The van der Waals surface area contributed by atoms with Crippen molar-refractivity contribution in [2.45, 2.75) is 4.90 Å². The Kier molecular flexibility index (Phi) is 4.62. The standard InChI is InChI=1S/C13H9N3O4S/c17-15(18)11-6-4-10(5-7-11)9-14-21-13-3-1-2-12(8-13)16(19)20/h1-9H/b14-9+. The maximum atomic E-state index is 10.6. The van der Waals surface area contributed by atoms with Crippen LogP contribution in [0.15, 0.2) is 57.8 Å². The summed E-state index contributed by atoms with van der Waals surface area (Å²) in [7, 11) is 0. The van der Waals surface area contributed by atoms with Gasteiger partial charge in [-0.05, 0) is 23.8 Å². The summed E-state index contributed by atoms with van der Waals surface area (Å²) in [5.41, 5.74) is 0.725. The molecule has 0 saturated carbocycles. The normalized spacial score (nSPS) is 10.7. The highest BCUT2D eigenvalue weighted by Gasteiger charge is 2.05. The van der Waals surface area contributed by atoms with Crippen molar-refractivity contribution < 1.29 is 9.85 Å². The van der Waals surface area contributed by atoms with Gasteiger partial charge in [-0.25, -0.2) is 4.40 Å². The van der Waals surface area contributed by atoms with Crippen LogP contribution in [0.4, 0.5) is 11.4 Å². The first kappa shape index (κ1) is 14.7. The van der Waals surface area contributed by atoms with Crippen molar-refractivity contribution in [3.05, 3.63) is 74.3 Å². The molecule has 0 aliphatic rings. The van der Waals surface area contributed by atoms with Gasteiger partial charge in [-0.1, -0.05) is 6.07 Å². The van der Waals surface area contributed by atoms with E-state index in [4.69, 9.17) is 0 Å². The molecule has 7 nitrogen and oxygen atoms in total. The van der Waals surface area contributed by atoms with Gasteiger partial charge in [0, 0.05) is 47.3 Å². The molecule has 0 aliphatic heterocycles. The molecule has 0 spiro atoms. The second-order valence-corrected chi connectivity index (χ2v) is 4.79. The van der Waals surface area contributed by atoms with Crippen molar-refractivity contribution in [1.29, 1.82) is 0 Å². The maximum Gasteiger partial charge on any atom is 0.270 e. The molecular weight excluding hydrogens is 294 g/mol. The zero-order chi connectivity index (χ0) is 15.2. The van der Waals surface area contributed by atoms with E-state index < -0.39 is 9.85 Å². The van der Waals surface area contributed by atoms with Crippen molar-refractivity contribution in [1.82, 2.24) is 0 Å². The molecule has 2 aromatic carbocycles. The van der Waals surface area contributed by atoms with E-state index in [1.807, 2.05) is 0 Å². The van der Waals surface area contributed by atoms with Crippen LogP contribution in [-0.2, 0) is 0 Å². The second kappa shape index (κ2) is 6.62. The molecule has 0 N–H and O–H groups in total. The molecule has 0 amide bonds. The largest absolute Gasteiger partial charge is 0.270 e. The highest BCUT2D eigenvalue weighted by atomic mass is 32.2. The summed E-state index contributed by atoms with van der Waals surface area (Å²) in [6.45, 7) is 0. The summed E-state index contributed by atoms with van der Waals surface area (Å²) in [6.07, 6.45) is 1.53. The lowest BCUT2D eigenvalue weighted by atomic mass is 10.2. The quantitative estimate of drug-likeness (QED) is 0.363. The van der Waals surface area contributed by atoms with Crippen LogP contribution in [0.25, 0.3) is 0 Å². The van der Waals surface area contributed by atoms with E-state index in [-0.39, 0.29) is 11.4 Å². The number of benzene rings is 2. The topological polar surface area (TPSA) is 98.6 Å². The number of rotatable bonds is 5. The van der Waals surface area contributed by atoms with Crippen molar-refractivity contribution in [3.8, 4) is 0 Å². The van der Waals surface area contributed by atoms with Gasteiger partial charge in [0.2, 0.25) is 0 Å². The van der Waals surface area contributed by atoms with Gasteiger partial charge in [0.15, 0.2) is 0 Å². The minimum atomic E-state index is -0.473. The van der Waals surface area contributed by atoms with E-state index in [9.17, 15) is 20.2 Å². The van der Waals surface area contributed by atoms with Gasteiger partial charge in [0.05, 0.1) is 9.85 Å². The molecule has 106 valence electrons. The third-order valence-corrected chi connectivity index (χ3v) is 3.17. The predicted molar refractivity (Wildman–Crippen MR) is 79.6 cm³/mol. The number of nitro benzene ring substituents is 2. The fraction of sp³-hybridized carbons (Fsp3) is 0. The summed E-state index contributed by atoms with van der Waals surface area (Å²) in [4.78, 5) is 20.8. The Balaban J connectivity index is 2.03. The van der Waals surface area contributed by atoms with Crippen molar-refractivity contribution in [2.24, 2.45) is 4.40 Å². The maximum absolute atomic E-state index is 10.6. The van der Waals surface area contributed by atoms with E-state index >= 15 is 0 Å². The SMILES string of the molecule is O=[N+]([O-])c1ccc(/C=N/Sc2cccc([N+](=O)[O-])c2)cc1. The minimum Gasteiger partial charge on any atom is -0.258 e. The van der Waals surface area contributed by atoms with E-state index in [1.165, 1.54) is 30.5 Å². The van der Waals surface area contributed by atoms with Crippen LogP contribution >= 0.6 is 11.9 Å². The van der Waals surface area contributed by atoms with Crippen molar-refractivity contribution in [3.63, 3.8) is 0 Å². The third kappa shape index (κ3) is 4.11. The first-order chi connectivity index (χ1) is 10.1. The molecule has 2 rings (SSSR count). The molecule has 0 heterocycles. The molecule has 0 aromatic heterocycles. The molecule has 8 heteroatoms. The Morgan fingerprint density at radius 3 is 2.24 bits per heavy atom. The van der Waals surface area contributed by atoms with Crippen LogP contribution in [-0.4, -0.2) is 16.1 Å². The van der Waals surface area contributed by atoms with Gasteiger partial charge >= 0.3 is 0 Å². The van der Waals surface area contributed by atoms with Gasteiger partial charge in [-0.3, -0.25) is 20.2 Å². The first-order valence-electron chi connectivity index (χ1n) is 5.75. The smallest absolute Gasteiger partial charge is 0.258 e. The molecule has 0 unspecified atom stereocenters. The number of non-ortho nitro benzene ring substituents is 2. The number of hydrogen-bond donors (Lipinski definition) is 0. The van der Waals surface area contributed by atoms with Gasteiger partial charge < -0.3 is 0 Å². The summed E-state index contributed by atoms with van der Waals surface area (Å²) < 4.78 is 4.09. The molecule has 0 aliphatic carbocycles. The molecule has 2 aromatic rings. The summed E-state index contributed by atoms with van der Waals surface area (Å²) in [5.74, 6) is 0. The lowest BCUT2D eigenvalue weighted by Gasteiger charge is -1.96. The second-order valence-electron chi connectivity index (χ2n) is 3.93. The fourth-order valence-electron chi connectivity index (χ4n) is 1.48. The highest BCUT2D eigenvalue weighted by molar-refractivity contribution is 7.98. The van der Waals surface area contributed by atoms with E-state index in [2.05, 4.69) is 4.40 Å². The van der Waals surface area contributed by atoms with Crippen LogP contribution in [0.5, 0.6) is 0 Å². The lowest BCUT2D eigenvalue weighted by Crippen LogP contribution is -1.88. The summed E-state index contributed by atoms with van der Waals surface area (Å²) >= 11 is 1.09. The number of nitrogens with zero attached hydrogens (tertiary/aromatic N) is 3. The minimum absolute atomic E-state index is 0.00513. The Hall–Kier alpha value is -2.74. The van der Waals surface area contributed by atoms with Crippen LogP contribution in [0.2, 0.25) is 0 Å². The zero-order valence-electron chi connectivity index (χ0n) is 10.6. The molecular formula is C13H9N3O4S. The summed E-state index contributed by atoms with van der Waals surface area (Å²) in [5, 5.41) is 21.1. The van der Waals surface area contributed by atoms with Gasteiger partial charge in [-0.2, -0.15) is 0 Å². The predicted octanol–water partition coefficient (Wildman–Crippen LogP) is 3.63. The molecule has 0 bridgehead atoms. The van der Waals surface area contributed by atoms with Gasteiger partial charge in [0.25, 0.3) is 11.4 Å². The van der Waals surface area contributed by atoms with Crippen LogP contribution in [0.1, 0.15) is 5.56 Å². The number of hydrogen-bond acceptors (Lipinski definition) is 6. The Bertz CT molecular complexity index is 701. The van der Waals surface area contributed by atoms with Crippen LogP contribution < -0.4 is 0 Å². The molecule has 0 radical (unpaired) electrons. The van der Waals surface area contributed by atoms with E-state index in [0.29, 0.717) is 10.5 Å². The average molecular weight is 303 g/mol. The third-order valence-electron chi connectivity index (χ3n) is 2.49. The van der Waals surface area contributed by atoms with Gasteiger partial charge in [-0.15, -0.1) is 0 Å². The van der Waals surface area contributed by atoms with Gasteiger partial charge in [0.1, 0.15) is 0 Å². The highest BCUT2D eigenvalue weighted by Crippen LogP contribution is 2.23. The van der Waals surface area contributed by atoms with E-state index in [1.54, 1.807) is 24.3 Å². The number of nitro groups is 2. The molecule has 0 saturated heterocycles. The Morgan fingerprint density at radius 2 is 1.62 bits per heavy atom. The van der Waals surface area contributed by atoms with Crippen molar-refractivity contribution >= 4 is 29.5 Å². The van der Waals surface area contributed by atoms with Crippen LogP contribution in [0.3, 0.4) is 0 Å². The molecule has 21 heavy (non-hydrogen) atoms. The first-order valence-corrected chi connectivity index (χ1v) is 6.53. The lowest BCUT2D eigenvalue weighted by molar-refractivity contribution is -0.385. The molecule has 0 fully saturated rings. The monoisotopic (exact) mass is 303 g/mol. The Morgan fingerprint density at radius 1 is 0.952 bits per heavy atom. The zero-order valence-corrected chi connectivity index (χ0v) is 11.4. The van der Waals surface area contributed by atoms with E-state index in [0.717, 1.165) is 11.9 Å². The average Bonchev–Trinajstić information content (AvgIpc) is 2.48.